The first kappa shape index (κ1) is 37.0. The molecule has 7 rings (SSSR count). The zero-order valence-electron chi connectivity index (χ0n) is 30.4. The van der Waals surface area contributed by atoms with Crippen LogP contribution in [0.2, 0.25) is 5.02 Å². The van der Waals surface area contributed by atoms with Gasteiger partial charge in [0, 0.05) is 36.0 Å². The topological polar surface area (TPSA) is 97.4 Å². The third kappa shape index (κ3) is 8.56. The monoisotopic (exact) mass is 741 g/mol. The first-order chi connectivity index (χ1) is 24.7. The number of nitrogens with one attached hydrogen (secondary N) is 1. The van der Waals surface area contributed by atoms with Crippen molar-refractivity contribution in [2.75, 3.05) is 50.9 Å². The molecule has 0 aromatic heterocycles. The van der Waals surface area contributed by atoms with Gasteiger partial charge >= 0.3 is 0 Å². The average Bonchev–Trinajstić information content (AvgIpc) is 3.65. The molecule has 5 aliphatic rings. The number of nitrogens with zero attached hydrogens (tertiary/aromatic N) is 2. The second-order valence-electron chi connectivity index (χ2n) is 15.8. The predicted octanol–water partition coefficient (Wildman–Crippen LogP) is 6.85. The van der Waals surface area contributed by atoms with Crippen LogP contribution in [0.1, 0.15) is 93.1 Å². The second-order valence-corrected chi connectivity index (χ2v) is 18.3. The van der Waals surface area contributed by atoms with Gasteiger partial charge in [-0.3, -0.25) is 9.69 Å². The number of hydrogen-bond acceptors (Lipinski definition) is 8. The summed E-state index contributed by atoms with van der Waals surface area (Å²) in [6, 6.07) is 11.8. The van der Waals surface area contributed by atoms with Crippen molar-refractivity contribution in [3.8, 4) is 5.75 Å². The van der Waals surface area contributed by atoms with Crippen molar-refractivity contribution in [2.24, 2.45) is 23.7 Å². The quantitative estimate of drug-likeness (QED) is 0.357. The number of carbonyl (C=O) groups excluding carboxylic acids is 1. The maximum absolute atomic E-state index is 13.6. The van der Waals surface area contributed by atoms with E-state index in [1.54, 1.807) is 13.0 Å². The minimum atomic E-state index is -3.90. The lowest BCUT2D eigenvalue weighted by Crippen LogP contribution is -2.51. The Bertz CT molecular complexity index is 1630. The van der Waals surface area contributed by atoms with E-state index in [1.165, 1.54) is 24.0 Å². The van der Waals surface area contributed by atoms with Crippen molar-refractivity contribution in [3.63, 3.8) is 0 Å². The summed E-state index contributed by atoms with van der Waals surface area (Å²) in [6.45, 7) is 9.47. The maximum atomic E-state index is 13.6. The van der Waals surface area contributed by atoms with E-state index in [9.17, 15) is 13.2 Å². The van der Waals surface area contributed by atoms with Gasteiger partial charge in [0.25, 0.3) is 5.91 Å². The summed E-state index contributed by atoms with van der Waals surface area (Å²) in [5.74, 6) is 1.13. The Balaban J connectivity index is 1.19. The number of halogens is 1. The third-order valence-corrected chi connectivity index (χ3v) is 14.7. The van der Waals surface area contributed by atoms with Gasteiger partial charge in [0.15, 0.2) is 6.29 Å². The molecule has 1 saturated carbocycles. The molecule has 9 nitrogen and oxygen atoms in total. The number of amides is 1. The molecule has 4 aliphatic heterocycles. The summed E-state index contributed by atoms with van der Waals surface area (Å²) < 4.78 is 49.1. The molecule has 2 aromatic rings. The van der Waals surface area contributed by atoms with Crippen molar-refractivity contribution >= 4 is 33.2 Å². The highest BCUT2D eigenvalue weighted by molar-refractivity contribution is 7.90. The first-order valence-electron chi connectivity index (χ1n) is 19.5. The van der Waals surface area contributed by atoms with Crippen molar-refractivity contribution in [3.05, 3.63) is 58.1 Å². The number of rotatable bonds is 2. The highest BCUT2D eigenvalue weighted by atomic mass is 35.5. The zero-order valence-corrected chi connectivity index (χ0v) is 31.9. The predicted molar refractivity (Wildman–Crippen MR) is 201 cm³/mol. The number of ether oxygens (including phenoxy) is 3. The minimum Gasteiger partial charge on any atom is -0.491 e. The highest BCUT2D eigenvalue weighted by Crippen LogP contribution is 2.46. The van der Waals surface area contributed by atoms with Crippen LogP contribution in [0.25, 0.3) is 0 Å². The van der Waals surface area contributed by atoms with E-state index in [0.717, 1.165) is 94.7 Å². The minimum absolute atomic E-state index is 0.115. The lowest BCUT2D eigenvalue weighted by molar-refractivity contribution is -0.242. The van der Waals surface area contributed by atoms with E-state index in [0.29, 0.717) is 49.0 Å². The van der Waals surface area contributed by atoms with Crippen LogP contribution < -0.4 is 14.4 Å². The zero-order chi connectivity index (χ0) is 35.5. The first-order valence-corrected chi connectivity index (χ1v) is 21.4. The highest BCUT2D eigenvalue weighted by Gasteiger charge is 2.44. The molecule has 2 saturated heterocycles. The van der Waals surface area contributed by atoms with Crippen LogP contribution in [-0.2, 0) is 32.3 Å². The largest absolute Gasteiger partial charge is 0.491 e. The summed E-state index contributed by atoms with van der Waals surface area (Å²) >= 11 is 6.40. The van der Waals surface area contributed by atoms with E-state index in [4.69, 9.17) is 25.8 Å². The second kappa shape index (κ2) is 16.3. The number of fused-ring (bicyclic) bond motifs is 3. The van der Waals surface area contributed by atoms with Gasteiger partial charge in [0.05, 0.1) is 36.8 Å². The number of likely N-dealkylation sites (tertiary alicyclic amines) is 1. The Morgan fingerprint density at radius 1 is 0.824 bits per heavy atom. The Kier molecular flexibility index (Phi) is 11.8. The van der Waals surface area contributed by atoms with Gasteiger partial charge in [-0.15, -0.1) is 0 Å². The molecule has 2 bridgehead atoms. The number of benzene rings is 2. The van der Waals surface area contributed by atoms with Crippen LogP contribution in [0.15, 0.2) is 36.4 Å². The SMILES string of the molecule is C[C@@H]1[C@@H](C)CCC[C@@H](C2OCC(N3CCCC3)CO2)[C@@H]2CC[C@H]2CN2CCCCc3cc(Cl)ccc3CCOc3ccc(cc32)C(=O)NS1(=O)=O. The Labute approximate surface area is 309 Å². The summed E-state index contributed by atoms with van der Waals surface area (Å²) in [6.07, 6.45) is 10.7. The van der Waals surface area contributed by atoms with Crippen LogP contribution in [0.3, 0.4) is 0 Å². The maximum Gasteiger partial charge on any atom is 0.264 e. The molecule has 1 aliphatic carbocycles. The molecule has 4 heterocycles. The summed E-state index contributed by atoms with van der Waals surface area (Å²) in [7, 11) is -3.90. The van der Waals surface area contributed by atoms with Gasteiger partial charge in [-0.05, 0) is 137 Å². The molecular formula is C40H56ClN3O6S. The molecule has 0 unspecified atom stereocenters. The number of anilines is 1. The van der Waals surface area contributed by atoms with Crippen molar-refractivity contribution in [2.45, 2.75) is 102 Å². The molecule has 51 heavy (non-hydrogen) atoms. The van der Waals surface area contributed by atoms with Gasteiger partial charge in [-0.25, -0.2) is 13.1 Å². The van der Waals surface area contributed by atoms with Crippen LogP contribution in [0.5, 0.6) is 5.75 Å². The van der Waals surface area contributed by atoms with Gasteiger partial charge in [-0.1, -0.05) is 31.0 Å². The summed E-state index contributed by atoms with van der Waals surface area (Å²) in [5.41, 5.74) is 3.69. The van der Waals surface area contributed by atoms with E-state index in [1.807, 2.05) is 25.1 Å². The molecule has 1 N–H and O–H groups in total. The normalized spacial score (nSPS) is 32.6. The van der Waals surface area contributed by atoms with Crippen LogP contribution in [0.4, 0.5) is 5.69 Å². The standard InChI is InChI=1S/C40H56ClN3O6S/c1-27-8-7-10-36(40-49-25-34(26-50-40)43-18-5-6-19-43)35-15-12-32(35)24-44-20-4-3-9-30-22-33(41)14-11-29(30)17-21-48-38-16-13-31(23-37(38)44)39(45)42-51(46,47)28(27)2/h11,13-14,16,22-23,27-28,32,34-36,40H,3-10,12,15,17-21,24-26H2,1-2H3,(H,42,45)/t27-,28+,32-,34?,35+,36+,40?/m0/s1. The fraction of sp³-hybridized carbons (Fsp3) is 0.675. The molecule has 3 fully saturated rings. The van der Waals surface area contributed by atoms with Crippen LogP contribution >= 0.6 is 11.6 Å². The van der Waals surface area contributed by atoms with Crippen LogP contribution in [0, 0.1) is 23.7 Å². The van der Waals surface area contributed by atoms with Gasteiger partial charge < -0.3 is 19.1 Å². The molecule has 1 amide bonds. The molecule has 0 radical (unpaired) electrons. The van der Waals surface area contributed by atoms with Gasteiger partial charge in [0.2, 0.25) is 10.0 Å². The van der Waals surface area contributed by atoms with E-state index in [2.05, 4.69) is 26.7 Å². The van der Waals surface area contributed by atoms with E-state index >= 15 is 0 Å². The average molecular weight is 742 g/mol. The number of carbonyl (C=O) groups is 1. The van der Waals surface area contributed by atoms with Crippen molar-refractivity contribution in [1.82, 2.24) is 9.62 Å². The molecule has 11 heteroatoms. The van der Waals surface area contributed by atoms with E-state index in [-0.39, 0.29) is 18.1 Å². The van der Waals surface area contributed by atoms with Crippen molar-refractivity contribution in [1.29, 1.82) is 0 Å². The number of aryl methyl sites for hydroxylation is 1. The lowest BCUT2D eigenvalue weighted by atomic mass is 9.65. The Hall–Kier alpha value is -2.37. The lowest BCUT2D eigenvalue weighted by Gasteiger charge is -2.48. The molecule has 280 valence electrons. The molecule has 5 atom stereocenters. The van der Waals surface area contributed by atoms with Crippen LogP contribution in [-0.4, -0.2) is 82.8 Å². The fourth-order valence-electron chi connectivity index (χ4n) is 9.09. The Morgan fingerprint density at radius 2 is 1.61 bits per heavy atom. The molecule has 2 aromatic carbocycles. The van der Waals surface area contributed by atoms with E-state index < -0.39 is 21.2 Å². The molecule has 0 spiro atoms. The Morgan fingerprint density at radius 3 is 2.37 bits per heavy atom. The number of hydrogen-bond donors (Lipinski definition) is 1. The van der Waals surface area contributed by atoms with Gasteiger partial charge in [0.1, 0.15) is 5.75 Å². The summed E-state index contributed by atoms with van der Waals surface area (Å²) in [5, 5.41) is 0.0441. The molecular weight excluding hydrogens is 686 g/mol. The van der Waals surface area contributed by atoms with Gasteiger partial charge in [-0.2, -0.15) is 0 Å². The number of sulfonamides is 1. The third-order valence-electron chi connectivity index (χ3n) is 12.6. The smallest absolute Gasteiger partial charge is 0.264 e. The summed E-state index contributed by atoms with van der Waals surface area (Å²) in [4.78, 5) is 18.5. The fourth-order valence-corrected chi connectivity index (χ4v) is 10.6. The van der Waals surface area contributed by atoms with Crippen molar-refractivity contribution < 1.29 is 27.4 Å².